The lowest BCUT2D eigenvalue weighted by Gasteiger charge is -2.30. The molecule has 1 fully saturated rings. The van der Waals surface area contributed by atoms with Gasteiger partial charge in [-0.25, -0.2) is 12.8 Å². The van der Waals surface area contributed by atoms with E-state index >= 15 is 0 Å². The number of aromatic nitrogens is 2. The number of hydrogen-bond donors (Lipinski definition) is 0. The SMILES string of the molecule is Cc1ccc(S(=O)(=O)N2CCCC(c3nc(-c4cccc(F)c4)no3)C2)cc1C(F)(F)F. The van der Waals surface area contributed by atoms with Gasteiger partial charge in [-0.15, -0.1) is 0 Å². The number of nitrogens with zero attached hydrogens (tertiary/aromatic N) is 3. The summed E-state index contributed by atoms with van der Waals surface area (Å²) in [5, 5.41) is 3.85. The van der Waals surface area contributed by atoms with Crippen molar-refractivity contribution in [3.05, 3.63) is 65.3 Å². The summed E-state index contributed by atoms with van der Waals surface area (Å²) in [6.07, 6.45) is -3.62. The Morgan fingerprint density at radius 1 is 1.16 bits per heavy atom. The number of piperidine rings is 1. The van der Waals surface area contributed by atoms with Crippen molar-refractivity contribution in [2.75, 3.05) is 13.1 Å². The lowest BCUT2D eigenvalue weighted by atomic mass is 10.00. The monoisotopic (exact) mass is 469 g/mol. The zero-order valence-electron chi connectivity index (χ0n) is 16.9. The summed E-state index contributed by atoms with van der Waals surface area (Å²) in [6.45, 7) is 1.43. The van der Waals surface area contributed by atoms with Gasteiger partial charge in [0.05, 0.1) is 16.4 Å². The molecule has 1 saturated heterocycles. The van der Waals surface area contributed by atoms with E-state index in [4.69, 9.17) is 4.52 Å². The van der Waals surface area contributed by atoms with Gasteiger partial charge in [-0.05, 0) is 49.6 Å². The summed E-state index contributed by atoms with van der Waals surface area (Å²) in [5.74, 6) is -0.516. The highest BCUT2D eigenvalue weighted by atomic mass is 32.2. The lowest BCUT2D eigenvalue weighted by molar-refractivity contribution is -0.138. The average molecular weight is 469 g/mol. The predicted molar refractivity (Wildman–Crippen MR) is 107 cm³/mol. The van der Waals surface area contributed by atoms with Crippen molar-refractivity contribution in [1.82, 2.24) is 14.4 Å². The number of rotatable bonds is 4. The van der Waals surface area contributed by atoms with E-state index in [-0.39, 0.29) is 30.4 Å². The molecular weight excluding hydrogens is 450 g/mol. The standard InChI is InChI=1S/C21H19F4N3O3S/c1-13-7-8-17(11-18(13)21(23,24)25)32(29,30)28-9-3-5-15(12-28)20-26-19(27-31-20)14-4-2-6-16(22)10-14/h2,4,6-8,10-11,15H,3,5,9,12H2,1H3. The number of alkyl halides is 3. The number of hydrogen-bond acceptors (Lipinski definition) is 5. The molecule has 0 N–H and O–H groups in total. The molecule has 1 aliphatic heterocycles. The zero-order chi connectivity index (χ0) is 23.1. The smallest absolute Gasteiger partial charge is 0.339 e. The Bertz CT molecular complexity index is 1240. The lowest BCUT2D eigenvalue weighted by Crippen LogP contribution is -2.39. The molecule has 1 unspecified atom stereocenters. The first-order valence-electron chi connectivity index (χ1n) is 9.83. The summed E-state index contributed by atoms with van der Waals surface area (Å²) in [6, 6.07) is 8.66. The molecule has 3 aromatic rings. The first kappa shape index (κ1) is 22.4. The van der Waals surface area contributed by atoms with Crippen LogP contribution in [0.4, 0.5) is 17.6 Å². The summed E-state index contributed by atoms with van der Waals surface area (Å²) >= 11 is 0. The van der Waals surface area contributed by atoms with Crippen molar-refractivity contribution in [3.63, 3.8) is 0 Å². The Labute approximate surface area is 181 Å². The van der Waals surface area contributed by atoms with Crippen molar-refractivity contribution in [2.45, 2.75) is 36.8 Å². The van der Waals surface area contributed by atoms with Crippen LogP contribution in [-0.2, 0) is 16.2 Å². The van der Waals surface area contributed by atoms with E-state index in [1.807, 2.05) is 0 Å². The van der Waals surface area contributed by atoms with Gasteiger partial charge in [-0.1, -0.05) is 23.4 Å². The topological polar surface area (TPSA) is 76.3 Å². The van der Waals surface area contributed by atoms with Gasteiger partial charge in [0.2, 0.25) is 21.7 Å². The Morgan fingerprint density at radius 2 is 1.94 bits per heavy atom. The summed E-state index contributed by atoms with van der Waals surface area (Å²) in [7, 11) is -4.16. The van der Waals surface area contributed by atoms with Crippen molar-refractivity contribution in [2.24, 2.45) is 0 Å². The van der Waals surface area contributed by atoms with Crippen LogP contribution in [0.2, 0.25) is 0 Å². The molecule has 1 aromatic heterocycles. The minimum atomic E-state index is -4.66. The quantitative estimate of drug-likeness (QED) is 0.515. The maximum Gasteiger partial charge on any atom is 0.416 e. The molecule has 6 nitrogen and oxygen atoms in total. The van der Waals surface area contributed by atoms with E-state index in [1.165, 1.54) is 31.2 Å². The van der Waals surface area contributed by atoms with Gasteiger partial charge in [0.15, 0.2) is 0 Å². The maximum atomic E-state index is 13.5. The average Bonchev–Trinajstić information content (AvgIpc) is 3.24. The Hall–Kier alpha value is -2.79. The molecule has 2 aromatic carbocycles. The van der Waals surface area contributed by atoms with Crippen LogP contribution in [-0.4, -0.2) is 36.0 Å². The minimum absolute atomic E-state index is 0.0116. The van der Waals surface area contributed by atoms with Crippen molar-refractivity contribution in [3.8, 4) is 11.4 Å². The molecule has 1 atom stereocenters. The molecule has 32 heavy (non-hydrogen) atoms. The fourth-order valence-electron chi connectivity index (χ4n) is 3.72. The van der Waals surface area contributed by atoms with E-state index in [0.29, 0.717) is 24.5 Å². The van der Waals surface area contributed by atoms with Crippen molar-refractivity contribution < 1.29 is 30.5 Å². The molecule has 0 aliphatic carbocycles. The van der Waals surface area contributed by atoms with E-state index in [2.05, 4.69) is 10.1 Å². The third kappa shape index (κ3) is 4.40. The molecule has 0 saturated carbocycles. The van der Waals surface area contributed by atoms with Crippen molar-refractivity contribution >= 4 is 10.0 Å². The van der Waals surface area contributed by atoms with E-state index in [0.717, 1.165) is 10.4 Å². The molecule has 0 spiro atoms. The number of sulfonamides is 1. The van der Waals surface area contributed by atoms with Gasteiger partial charge in [-0.2, -0.15) is 22.5 Å². The molecule has 170 valence electrons. The van der Waals surface area contributed by atoms with Gasteiger partial charge in [-0.3, -0.25) is 0 Å². The molecule has 0 radical (unpaired) electrons. The zero-order valence-corrected chi connectivity index (χ0v) is 17.8. The van der Waals surface area contributed by atoms with Crippen LogP contribution in [0, 0.1) is 12.7 Å². The number of aryl methyl sites for hydroxylation is 1. The third-order valence-electron chi connectivity index (χ3n) is 5.41. The first-order chi connectivity index (χ1) is 15.1. The Balaban J connectivity index is 1.58. The minimum Gasteiger partial charge on any atom is -0.339 e. The highest BCUT2D eigenvalue weighted by Gasteiger charge is 2.37. The van der Waals surface area contributed by atoms with Crippen LogP contribution in [0.15, 0.2) is 51.9 Å². The highest BCUT2D eigenvalue weighted by molar-refractivity contribution is 7.89. The van der Waals surface area contributed by atoms with Gasteiger partial charge in [0.25, 0.3) is 0 Å². The van der Waals surface area contributed by atoms with Crippen LogP contribution in [0.25, 0.3) is 11.4 Å². The molecule has 4 rings (SSSR count). The molecule has 2 heterocycles. The normalized spacial score (nSPS) is 18.1. The van der Waals surface area contributed by atoms with Gasteiger partial charge < -0.3 is 4.52 Å². The van der Waals surface area contributed by atoms with Crippen molar-refractivity contribution in [1.29, 1.82) is 0 Å². The predicted octanol–water partition coefficient (Wildman–Crippen LogP) is 4.77. The molecule has 0 amide bonds. The largest absolute Gasteiger partial charge is 0.416 e. The van der Waals surface area contributed by atoms with E-state index in [9.17, 15) is 26.0 Å². The number of halogens is 4. The van der Waals surface area contributed by atoms with Gasteiger partial charge in [0, 0.05) is 18.7 Å². The summed E-state index contributed by atoms with van der Waals surface area (Å²) in [5.41, 5.74) is -0.618. The number of benzene rings is 2. The van der Waals surface area contributed by atoms with Crippen LogP contribution < -0.4 is 0 Å². The molecule has 0 bridgehead atoms. The second kappa shape index (κ2) is 8.28. The Morgan fingerprint density at radius 3 is 2.66 bits per heavy atom. The van der Waals surface area contributed by atoms with Crippen LogP contribution >= 0.6 is 0 Å². The van der Waals surface area contributed by atoms with E-state index < -0.39 is 38.4 Å². The fourth-order valence-corrected chi connectivity index (χ4v) is 5.27. The fraction of sp³-hybridized carbons (Fsp3) is 0.333. The maximum absolute atomic E-state index is 13.5. The molecule has 11 heteroatoms. The van der Waals surface area contributed by atoms with Crippen LogP contribution in [0.5, 0.6) is 0 Å². The van der Waals surface area contributed by atoms with Crippen LogP contribution in [0.3, 0.4) is 0 Å². The third-order valence-corrected chi connectivity index (χ3v) is 7.27. The Kier molecular flexibility index (Phi) is 5.80. The molecular formula is C21H19F4N3O3S. The highest BCUT2D eigenvalue weighted by Crippen LogP contribution is 2.35. The second-order valence-corrected chi connectivity index (χ2v) is 9.58. The summed E-state index contributed by atoms with van der Waals surface area (Å²) in [4.78, 5) is 3.86. The summed E-state index contributed by atoms with van der Waals surface area (Å²) < 4.78 is 85.8. The van der Waals surface area contributed by atoms with Gasteiger partial charge >= 0.3 is 6.18 Å². The van der Waals surface area contributed by atoms with E-state index in [1.54, 1.807) is 6.07 Å². The van der Waals surface area contributed by atoms with Crippen LogP contribution in [0.1, 0.15) is 35.8 Å². The second-order valence-electron chi connectivity index (χ2n) is 7.64. The van der Waals surface area contributed by atoms with Gasteiger partial charge in [0.1, 0.15) is 5.82 Å². The molecule has 1 aliphatic rings. The first-order valence-corrected chi connectivity index (χ1v) is 11.3.